The quantitative estimate of drug-likeness (QED) is 0.704. The monoisotopic (exact) mass is 267 g/mol. The molecule has 0 aliphatic carbocycles. The van der Waals surface area contributed by atoms with Gasteiger partial charge in [0.05, 0.1) is 6.54 Å². The number of nitrogens with zero attached hydrogens (tertiary/aromatic N) is 3. The van der Waals surface area contributed by atoms with Gasteiger partial charge in [-0.25, -0.2) is 0 Å². The maximum atomic E-state index is 11.5. The molecular weight excluding hydrogens is 250 g/mol. The highest BCUT2D eigenvalue weighted by atomic mass is 16.4. The van der Waals surface area contributed by atoms with Gasteiger partial charge in [0.25, 0.3) is 0 Å². The number of nitrogens with one attached hydrogen (secondary N) is 2. The van der Waals surface area contributed by atoms with Crippen LogP contribution >= 0.6 is 0 Å². The molecule has 0 radical (unpaired) electrons. The molecule has 19 heavy (non-hydrogen) atoms. The Hall–Kier alpha value is -1.96. The molecular formula is C11H17N5O3. The van der Waals surface area contributed by atoms with Crippen LogP contribution in [-0.4, -0.2) is 40.6 Å². The second-order valence-electron chi connectivity index (χ2n) is 4.73. The molecule has 0 spiro atoms. The van der Waals surface area contributed by atoms with Gasteiger partial charge in [-0.15, -0.1) is 5.10 Å². The van der Waals surface area contributed by atoms with E-state index >= 15 is 0 Å². The minimum absolute atomic E-state index is 0.0339. The van der Waals surface area contributed by atoms with Crippen molar-refractivity contribution in [1.29, 1.82) is 0 Å². The minimum atomic E-state index is -0.510. The number of carbonyl (C=O) groups is 2. The summed E-state index contributed by atoms with van der Waals surface area (Å²) in [5.41, 5.74) is 0. The Bertz CT molecular complexity index is 484. The fourth-order valence-electron chi connectivity index (χ4n) is 1.67. The molecule has 104 valence electrons. The van der Waals surface area contributed by atoms with E-state index in [-0.39, 0.29) is 24.4 Å². The highest BCUT2D eigenvalue weighted by Crippen LogP contribution is 2.17. The topological polar surface area (TPSA) is 100 Å². The number of carbonyl (C=O) groups excluding carboxylic acids is 2. The van der Waals surface area contributed by atoms with Crippen molar-refractivity contribution in [2.75, 3.05) is 11.4 Å². The third-order valence-corrected chi connectivity index (χ3v) is 2.79. The second-order valence-corrected chi connectivity index (χ2v) is 4.73. The van der Waals surface area contributed by atoms with Gasteiger partial charge in [0.2, 0.25) is 17.7 Å². The number of aromatic nitrogens is 2. The number of amides is 2. The molecule has 1 aromatic heterocycles. The third-order valence-electron chi connectivity index (χ3n) is 2.79. The summed E-state index contributed by atoms with van der Waals surface area (Å²) in [5.74, 6) is -0.311. The normalized spacial score (nSPS) is 20.0. The van der Waals surface area contributed by atoms with Crippen molar-refractivity contribution in [2.24, 2.45) is 0 Å². The average Bonchev–Trinajstić information content (AvgIpc) is 2.79. The van der Waals surface area contributed by atoms with Gasteiger partial charge in [0.15, 0.2) is 0 Å². The Morgan fingerprint density at radius 2 is 2.21 bits per heavy atom. The van der Waals surface area contributed by atoms with E-state index in [0.29, 0.717) is 18.5 Å². The second kappa shape index (κ2) is 5.35. The molecule has 1 saturated heterocycles. The van der Waals surface area contributed by atoms with E-state index in [1.54, 1.807) is 6.92 Å². The van der Waals surface area contributed by atoms with E-state index in [4.69, 9.17) is 4.42 Å². The zero-order valence-corrected chi connectivity index (χ0v) is 11.1. The molecule has 1 aliphatic heterocycles. The predicted octanol–water partition coefficient (Wildman–Crippen LogP) is -0.581. The average molecular weight is 267 g/mol. The summed E-state index contributed by atoms with van der Waals surface area (Å²) in [6, 6.07) is -0.0167. The molecule has 0 bridgehead atoms. The van der Waals surface area contributed by atoms with Crippen LogP contribution in [0.25, 0.3) is 0 Å². The van der Waals surface area contributed by atoms with Crippen LogP contribution < -0.4 is 15.5 Å². The molecule has 8 heteroatoms. The first-order valence-corrected chi connectivity index (χ1v) is 6.13. The number of hydrogen-bond acceptors (Lipinski definition) is 7. The predicted molar refractivity (Wildman–Crippen MR) is 66.2 cm³/mol. The number of piperazine rings is 1. The van der Waals surface area contributed by atoms with E-state index in [1.165, 1.54) is 4.90 Å². The standard InChI is InChI=1S/C11H17N5O3/c1-6(2)12-4-9-14-15-11(19-9)16-5-8(17)13-10(18)7(16)3/h6-7,12H,4-5H2,1-3H3,(H,13,17,18). The zero-order chi connectivity index (χ0) is 14.0. The maximum Gasteiger partial charge on any atom is 0.319 e. The van der Waals surface area contributed by atoms with Crippen LogP contribution in [0.2, 0.25) is 0 Å². The third kappa shape index (κ3) is 3.08. The van der Waals surface area contributed by atoms with Gasteiger partial charge in [0, 0.05) is 6.04 Å². The van der Waals surface area contributed by atoms with Crippen molar-refractivity contribution in [2.45, 2.75) is 39.4 Å². The SMILES string of the molecule is CC(C)NCc1nnc(N2CC(=O)NC(=O)C2C)o1. The Morgan fingerprint density at radius 1 is 1.47 bits per heavy atom. The molecule has 1 unspecified atom stereocenters. The first-order chi connectivity index (χ1) is 8.97. The zero-order valence-electron chi connectivity index (χ0n) is 11.1. The van der Waals surface area contributed by atoms with Gasteiger partial charge >= 0.3 is 6.01 Å². The van der Waals surface area contributed by atoms with Gasteiger partial charge in [-0.05, 0) is 6.92 Å². The lowest BCUT2D eigenvalue weighted by atomic mass is 10.2. The van der Waals surface area contributed by atoms with Crippen LogP contribution in [0.4, 0.5) is 6.01 Å². The van der Waals surface area contributed by atoms with Crippen LogP contribution in [0.15, 0.2) is 4.42 Å². The van der Waals surface area contributed by atoms with Crippen molar-refractivity contribution in [3.63, 3.8) is 0 Å². The van der Waals surface area contributed by atoms with Crippen molar-refractivity contribution in [3.8, 4) is 0 Å². The molecule has 2 amide bonds. The molecule has 0 aromatic carbocycles. The highest BCUT2D eigenvalue weighted by molar-refractivity contribution is 6.03. The fourth-order valence-corrected chi connectivity index (χ4v) is 1.67. The van der Waals surface area contributed by atoms with Gasteiger partial charge in [-0.2, -0.15) is 0 Å². The van der Waals surface area contributed by atoms with E-state index in [1.807, 2.05) is 13.8 Å². The highest BCUT2D eigenvalue weighted by Gasteiger charge is 2.33. The first kappa shape index (κ1) is 13.5. The molecule has 2 heterocycles. The van der Waals surface area contributed by atoms with E-state index in [0.717, 1.165) is 0 Å². The Labute approximate surface area is 110 Å². The van der Waals surface area contributed by atoms with Crippen molar-refractivity contribution >= 4 is 17.8 Å². The molecule has 0 saturated carbocycles. The number of hydrogen-bond donors (Lipinski definition) is 2. The molecule has 8 nitrogen and oxygen atoms in total. The van der Waals surface area contributed by atoms with Gasteiger partial charge in [-0.1, -0.05) is 18.9 Å². The largest absolute Gasteiger partial charge is 0.407 e. The molecule has 1 aliphatic rings. The maximum absolute atomic E-state index is 11.5. The van der Waals surface area contributed by atoms with Crippen LogP contribution in [0.5, 0.6) is 0 Å². The first-order valence-electron chi connectivity index (χ1n) is 6.13. The summed E-state index contributed by atoms with van der Waals surface area (Å²) in [7, 11) is 0. The van der Waals surface area contributed by atoms with Crippen LogP contribution in [0, 0.1) is 0 Å². The summed E-state index contributed by atoms with van der Waals surface area (Å²) >= 11 is 0. The Kier molecular flexibility index (Phi) is 3.79. The van der Waals surface area contributed by atoms with Gasteiger partial charge < -0.3 is 14.6 Å². The molecule has 2 rings (SSSR count). The lowest BCUT2D eigenvalue weighted by molar-refractivity contribution is -0.132. The van der Waals surface area contributed by atoms with Gasteiger partial charge in [0.1, 0.15) is 12.6 Å². The summed E-state index contributed by atoms with van der Waals surface area (Å²) in [4.78, 5) is 24.4. The van der Waals surface area contributed by atoms with E-state index < -0.39 is 6.04 Å². The van der Waals surface area contributed by atoms with Crippen molar-refractivity contribution in [1.82, 2.24) is 20.8 Å². The lowest BCUT2D eigenvalue weighted by Crippen LogP contribution is -2.57. The number of anilines is 1. The van der Waals surface area contributed by atoms with Crippen LogP contribution in [0.1, 0.15) is 26.7 Å². The fraction of sp³-hybridized carbons (Fsp3) is 0.636. The molecule has 1 atom stereocenters. The van der Waals surface area contributed by atoms with Crippen molar-refractivity contribution in [3.05, 3.63) is 5.89 Å². The minimum Gasteiger partial charge on any atom is -0.407 e. The van der Waals surface area contributed by atoms with E-state index in [9.17, 15) is 9.59 Å². The summed E-state index contributed by atoms with van der Waals surface area (Å²) in [6.45, 7) is 6.18. The molecule has 2 N–H and O–H groups in total. The smallest absolute Gasteiger partial charge is 0.319 e. The Morgan fingerprint density at radius 3 is 2.89 bits per heavy atom. The summed E-state index contributed by atoms with van der Waals surface area (Å²) in [5, 5.41) is 13.2. The van der Waals surface area contributed by atoms with Crippen molar-refractivity contribution < 1.29 is 14.0 Å². The Balaban J connectivity index is 2.08. The van der Waals surface area contributed by atoms with Crippen LogP contribution in [0.3, 0.4) is 0 Å². The molecule has 1 aromatic rings. The summed E-state index contributed by atoms with van der Waals surface area (Å²) < 4.78 is 5.45. The van der Waals surface area contributed by atoms with E-state index in [2.05, 4.69) is 20.8 Å². The number of rotatable bonds is 4. The number of imide groups is 1. The van der Waals surface area contributed by atoms with Crippen LogP contribution in [-0.2, 0) is 16.1 Å². The summed E-state index contributed by atoms with van der Waals surface area (Å²) in [6.07, 6.45) is 0. The molecule has 1 fully saturated rings. The van der Waals surface area contributed by atoms with Gasteiger partial charge in [-0.3, -0.25) is 14.9 Å². The lowest BCUT2D eigenvalue weighted by Gasteiger charge is -2.29.